The van der Waals surface area contributed by atoms with Crippen molar-refractivity contribution in [2.45, 2.75) is 56.0 Å². The lowest BCUT2D eigenvalue weighted by atomic mass is 10.2. The second kappa shape index (κ2) is 6.74. The van der Waals surface area contributed by atoms with Gasteiger partial charge in [0.15, 0.2) is 0 Å². The lowest BCUT2D eigenvalue weighted by molar-refractivity contribution is -0.119. The van der Waals surface area contributed by atoms with Crippen molar-refractivity contribution in [3.05, 3.63) is 5.82 Å². The molecule has 0 aliphatic heterocycles. The number of imide groups is 1. The van der Waals surface area contributed by atoms with E-state index < -0.39 is 11.3 Å². The van der Waals surface area contributed by atoms with Crippen LogP contribution in [0, 0.1) is 6.92 Å². The average Bonchev–Trinajstić information content (AvgIpc) is 3.01. The number of H-pyrrole nitrogens is 1. The van der Waals surface area contributed by atoms with Crippen LogP contribution in [-0.4, -0.2) is 38.4 Å². The molecule has 8 heteroatoms. The predicted molar refractivity (Wildman–Crippen MR) is 75.4 cm³/mol. The highest BCUT2D eigenvalue weighted by Crippen LogP contribution is 2.19. The lowest BCUT2D eigenvalue weighted by Gasteiger charge is -2.14. The number of carbonyl (C=O) groups excluding carboxylic acids is 2. The molecule has 1 aliphatic carbocycles. The number of hydrogen-bond donors (Lipinski definition) is 3. The Bertz CT molecular complexity index is 484. The van der Waals surface area contributed by atoms with E-state index in [9.17, 15) is 9.59 Å². The van der Waals surface area contributed by atoms with Crippen molar-refractivity contribution >= 4 is 23.7 Å². The van der Waals surface area contributed by atoms with Crippen LogP contribution in [0.15, 0.2) is 5.16 Å². The molecule has 2 rings (SSSR count). The van der Waals surface area contributed by atoms with Gasteiger partial charge in [-0.25, -0.2) is 9.78 Å². The van der Waals surface area contributed by atoms with Crippen LogP contribution in [-0.2, 0) is 4.79 Å². The number of aryl methyl sites for hydroxylation is 1. The first kappa shape index (κ1) is 14.8. The van der Waals surface area contributed by atoms with Crippen LogP contribution in [0.25, 0.3) is 0 Å². The lowest BCUT2D eigenvalue weighted by Crippen LogP contribution is -2.45. The van der Waals surface area contributed by atoms with E-state index in [4.69, 9.17) is 0 Å². The highest BCUT2D eigenvalue weighted by atomic mass is 32.2. The van der Waals surface area contributed by atoms with Crippen LogP contribution >= 0.6 is 11.8 Å². The van der Waals surface area contributed by atoms with E-state index in [1.165, 1.54) is 11.8 Å². The van der Waals surface area contributed by atoms with Gasteiger partial charge in [-0.15, -0.1) is 5.10 Å². The maximum Gasteiger partial charge on any atom is 0.321 e. The maximum atomic E-state index is 11.9. The number of hydrogen-bond acceptors (Lipinski definition) is 5. The van der Waals surface area contributed by atoms with Gasteiger partial charge < -0.3 is 5.32 Å². The molecule has 0 spiro atoms. The van der Waals surface area contributed by atoms with Crippen LogP contribution in [0.2, 0.25) is 0 Å². The first-order valence-electron chi connectivity index (χ1n) is 6.71. The Kier molecular flexibility index (Phi) is 4.99. The monoisotopic (exact) mass is 297 g/mol. The molecule has 3 N–H and O–H groups in total. The third-order valence-electron chi connectivity index (χ3n) is 3.16. The van der Waals surface area contributed by atoms with Gasteiger partial charge in [-0.2, -0.15) is 0 Å². The molecule has 20 heavy (non-hydrogen) atoms. The highest BCUT2D eigenvalue weighted by Gasteiger charge is 2.21. The molecule has 1 fully saturated rings. The summed E-state index contributed by atoms with van der Waals surface area (Å²) in [6.45, 7) is 3.51. The zero-order valence-electron chi connectivity index (χ0n) is 11.6. The van der Waals surface area contributed by atoms with Crippen molar-refractivity contribution < 1.29 is 9.59 Å². The minimum atomic E-state index is -0.431. The number of urea groups is 1. The van der Waals surface area contributed by atoms with Gasteiger partial charge in [-0.1, -0.05) is 24.6 Å². The Balaban J connectivity index is 1.76. The Hall–Kier alpha value is -1.57. The third-order valence-corrected chi connectivity index (χ3v) is 4.12. The van der Waals surface area contributed by atoms with Crippen LogP contribution in [0.1, 0.15) is 38.4 Å². The Morgan fingerprint density at radius 1 is 1.40 bits per heavy atom. The summed E-state index contributed by atoms with van der Waals surface area (Å²) in [5.74, 6) is 0.354. The van der Waals surface area contributed by atoms with Crippen LogP contribution < -0.4 is 10.6 Å². The maximum absolute atomic E-state index is 11.9. The molecular formula is C12H19N5O2S. The summed E-state index contributed by atoms with van der Waals surface area (Å²) in [6, 6.07) is -0.220. The summed E-state index contributed by atoms with van der Waals surface area (Å²) in [7, 11) is 0. The fraction of sp³-hybridized carbons (Fsp3) is 0.667. The van der Waals surface area contributed by atoms with Gasteiger partial charge in [0.25, 0.3) is 0 Å². The summed E-state index contributed by atoms with van der Waals surface area (Å²) >= 11 is 1.21. The van der Waals surface area contributed by atoms with Crippen LogP contribution in [0.4, 0.5) is 4.79 Å². The van der Waals surface area contributed by atoms with Gasteiger partial charge in [-0.05, 0) is 26.7 Å². The molecule has 1 aromatic rings. The molecule has 1 heterocycles. The SMILES string of the molecule is Cc1nc(S[C@H](C)C(=O)NC(=O)NC2CCCC2)n[nH]1. The molecule has 1 aliphatic rings. The summed E-state index contributed by atoms with van der Waals surface area (Å²) in [4.78, 5) is 27.7. The van der Waals surface area contributed by atoms with Gasteiger partial charge in [0.1, 0.15) is 5.82 Å². The summed E-state index contributed by atoms with van der Waals surface area (Å²) in [6.07, 6.45) is 4.25. The van der Waals surface area contributed by atoms with Gasteiger partial charge in [0.2, 0.25) is 11.1 Å². The zero-order valence-corrected chi connectivity index (χ0v) is 12.4. The minimum Gasteiger partial charge on any atom is -0.335 e. The van der Waals surface area contributed by atoms with E-state index in [-0.39, 0.29) is 11.9 Å². The van der Waals surface area contributed by atoms with Crippen molar-refractivity contribution in [2.75, 3.05) is 0 Å². The van der Waals surface area contributed by atoms with Crippen molar-refractivity contribution in [1.82, 2.24) is 25.8 Å². The molecule has 1 atom stereocenters. The molecule has 1 saturated carbocycles. The van der Waals surface area contributed by atoms with Gasteiger partial charge >= 0.3 is 6.03 Å². The third kappa shape index (κ3) is 4.22. The van der Waals surface area contributed by atoms with E-state index in [1.54, 1.807) is 13.8 Å². The quantitative estimate of drug-likeness (QED) is 0.729. The molecule has 0 aromatic carbocycles. The van der Waals surface area contributed by atoms with Crippen LogP contribution in [0.5, 0.6) is 0 Å². The predicted octanol–water partition coefficient (Wildman–Crippen LogP) is 1.36. The molecule has 7 nitrogen and oxygen atoms in total. The number of aromatic amines is 1. The van der Waals surface area contributed by atoms with E-state index in [0.717, 1.165) is 25.7 Å². The minimum absolute atomic E-state index is 0.196. The highest BCUT2D eigenvalue weighted by molar-refractivity contribution is 8.00. The molecule has 3 amide bonds. The Morgan fingerprint density at radius 3 is 2.70 bits per heavy atom. The zero-order chi connectivity index (χ0) is 14.5. The molecular weight excluding hydrogens is 278 g/mol. The van der Waals surface area contributed by atoms with Gasteiger partial charge in [0, 0.05) is 6.04 Å². The van der Waals surface area contributed by atoms with Crippen molar-refractivity contribution in [3.8, 4) is 0 Å². The van der Waals surface area contributed by atoms with E-state index in [1.807, 2.05) is 0 Å². The Morgan fingerprint density at radius 2 is 2.10 bits per heavy atom. The average molecular weight is 297 g/mol. The second-order valence-electron chi connectivity index (χ2n) is 4.91. The second-order valence-corrected chi connectivity index (χ2v) is 6.22. The summed E-state index contributed by atoms with van der Waals surface area (Å²) < 4.78 is 0. The van der Waals surface area contributed by atoms with Crippen molar-refractivity contribution in [3.63, 3.8) is 0 Å². The number of thioether (sulfide) groups is 1. The smallest absolute Gasteiger partial charge is 0.321 e. The first-order chi connectivity index (χ1) is 9.54. The number of carbonyl (C=O) groups is 2. The fourth-order valence-corrected chi connectivity index (χ4v) is 2.86. The largest absolute Gasteiger partial charge is 0.335 e. The van der Waals surface area contributed by atoms with Gasteiger partial charge in [0.05, 0.1) is 5.25 Å². The summed E-state index contributed by atoms with van der Waals surface area (Å²) in [5.41, 5.74) is 0. The van der Waals surface area contributed by atoms with E-state index >= 15 is 0 Å². The number of nitrogens with zero attached hydrogens (tertiary/aromatic N) is 2. The van der Waals surface area contributed by atoms with Crippen LogP contribution in [0.3, 0.4) is 0 Å². The van der Waals surface area contributed by atoms with E-state index in [2.05, 4.69) is 25.8 Å². The number of amides is 3. The molecule has 0 bridgehead atoms. The molecule has 0 radical (unpaired) electrons. The Labute approximate surface area is 121 Å². The number of aromatic nitrogens is 3. The fourth-order valence-electron chi connectivity index (χ4n) is 2.09. The first-order valence-corrected chi connectivity index (χ1v) is 7.59. The summed E-state index contributed by atoms with van der Waals surface area (Å²) in [5, 5.41) is 11.9. The molecule has 0 saturated heterocycles. The molecule has 0 unspecified atom stereocenters. The van der Waals surface area contributed by atoms with Crippen molar-refractivity contribution in [2.24, 2.45) is 0 Å². The van der Waals surface area contributed by atoms with Crippen molar-refractivity contribution in [1.29, 1.82) is 0 Å². The molecule has 1 aromatic heterocycles. The topological polar surface area (TPSA) is 99.8 Å². The number of rotatable bonds is 4. The standard InChI is InChI=1S/C12H19N5O2S/c1-7(20-12-13-8(2)16-17-12)10(18)15-11(19)14-9-5-3-4-6-9/h7,9H,3-6H2,1-2H3,(H,13,16,17)(H2,14,15,18,19)/t7-/m1/s1. The van der Waals surface area contributed by atoms with E-state index in [0.29, 0.717) is 11.0 Å². The number of nitrogens with one attached hydrogen (secondary N) is 3. The normalized spacial score (nSPS) is 16.9. The molecule has 110 valence electrons. The van der Waals surface area contributed by atoms with Gasteiger partial charge in [-0.3, -0.25) is 15.2 Å².